The van der Waals surface area contributed by atoms with Gasteiger partial charge in [-0.3, -0.25) is 9.59 Å². The van der Waals surface area contributed by atoms with Crippen LogP contribution in [0.2, 0.25) is 0 Å². The van der Waals surface area contributed by atoms with Crippen LogP contribution in [-0.2, 0) is 11.0 Å². The van der Waals surface area contributed by atoms with Crippen molar-refractivity contribution in [2.45, 2.75) is 13.1 Å². The summed E-state index contributed by atoms with van der Waals surface area (Å²) < 4.78 is 41.6. The average molecular weight is 247 g/mol. The SMILES string of the molecule is CC(=O)Oc1cc(C(F)(F)F)ccc1C(N)=O. The Morgan fingerprint density at radius 3 is 2.29 bits per heavy atom. The first kappa shape index (κ1) is 13.0. The molecule has 0 aliphatic rings. The molecule has 0 saturated carbocycles. The lowest BCUT2D eigenvalue weighted by atomic mass is 10.1. The molecule has 0 radical (unpaired) electrons. The van der Waals surface area contributed by atoms with E-state index in [-0.39, 0.29) is 5.56 Å². The number of amides is 1. The predicted molar refractivity (Wildman–Crippen MR) is 51.3 cm³/mol. The molecule has 1 aromatic rings. The molecule has 2 N–H and O–H groups in total. The molecule has 1 aromatic carbocycles. The number of alkyl halides is 3. The number of rotatable bonds is 2. The van der Waals surface area contributed by atoms with E-state index in [0.29, 0.717) is 12.1 Å². The number of halogens is 3. The number of hydrogen-bond acceptors (Lipinski definition) is 3. The van der Waals surface area contributed by atoms with Crippen molar-refractivity contribution < 1.29 is 27.5 Å². The number of benzene rings is 1. The van der Waals surface area contributed by atoms with Crippen molar-refractivity contribution >= 4 is 11.9 Å². The van der Waals surface area contributed by atoms with Crippen LogP contribution in [0.15, 0.2) is 18.2 Å². The van der Waals surface area contributed by atoms with E-state index in [0.717, 1.165) is 13.0 Å². The maximum absolute atomic E-state index is 12.4. The monoisotopic (exact) mass is 247 g/mol. The fourth-order valence-corrected chi connectivity index (χ4v) is 1.14. The van der Waals surface area contributed by atoms with E-state index in [1.165, 1.54) is 0 Å². The second-order valence-electron chi connectivity index (χ2n) is 3.17. The lowest BCUT2D eigenvalue weighted by molar-refractivity contribution is -0.138. The number of carbonyl (C=O) groups excluding carboxylic acids is 2. The largest absolute Gasteiger partial charge is 0.426 e. The summed E-state index contributed by atoms with van der Waals surface area (Å²) in [6, 6.07) is 2.11. The zero-order valence-corrected chi connectivity index (χ0v) is 8.67. The average Bonchev–Trinajstić information content (AvgIpc) is 2.14. The molecule has 92 valence electrons. The Hall–Kier alpha value is -2.05. The predicted octanol–water partition coefficient (Wildman–Crippen LogP) is 1.73. The van der Waals surface area contributed by atoms with Gasteiger partial charge >= 0.3 is 12.1 Å². The molecule has 0 spiro atoms. The molecule has 17 heavy (non-hydrogen) atoms. The van der Waals surface area contributed by atoms with E-state index in [1.54, 1.807) is 0 Å². The van der Waals surface area contributed by atoms with Gasteiger partial charge in [0.2, 0.25) is 0 Å². The highest BCUT2D eigenvalue weighted by molar-refractivity contribution is 5.96. The number of carbonyl (C=O) groups is 2. The molecule has 0 bridgehead atoms. The van der Waals surface area contributed by atoms with E-state index < -0.39 is 29.4 Å². The van der Waals surface area contributed by atoms with Crippen molar-refractivity contribution in [3.8, 4) is 5.75 Å². The van der Waals surface area contributed by atoms with E-state index in [9.17, 15) is 22.8 Å². The van der Waals surface area contributed by atoms with E-state index in [2.05, 4.69) is 4.74 Å². The highest BCUT2D eigenvalue weighted by atomic mass is 19.4. The lowest BCUT2D eigenvalue weighted by Crippen LogP contribution is -2.16. The number of nitrogens with two attached hydrogens (primary N) is 1. The summed E-state index contributed by atoms with van der Waals surface area (Å²) in [5.74, 6) is -2.32. The van der Waals surface area contributed by atoms with Gasteiger partial charge in [0.15, 0.2) is 0 Å². The highest BCUT2D eigenvalue weighted by Crippen LogP contribution is 2.33. The van der Waals surface area contributed by atoms with Crippen LogP contribution in [0.4, 0.5) is 13.2 Å². The van der Waals surface area contributed by atoms with Gasteiger partial charge in [0.05, 0.1) is 11.1 Å². The topological polar surface area (TPSA) is 69.4 Å². The van der Waals surface area contributed by atoms with Crippen LogP contribution in [0.25, 0.3) is 0 Å². The standard InChI is InChI=1S/C10H8F3NO3/c1-5(15)17-8-4-6(10(11,12)13)2-3-7(8)9(14)16/h2-4H,1H3,(H2,14,16). The number of esters is 1. The summed E-state index contributed by atoms with van der Waals surface area (Å²) >= 11 is 0. The second-order valence-corrected chi connectivity index (χ2v) is 3.17. The van der Waals surface area contributed by atoms with Crippen LogP contribution in [0.3, 0.4) is 0 Å². The van der Waals surface area contributed by atoms with Gasteiger partial charge in [-0.15, -0.1) is 0 Å². The van der Waals surface area contributed by atoms with Gasteiger partial charge in [-0.2, -0.15) is 13.2 Å². The van der Waals surface area contributed by atoms with Crippen molar-refractivity contribution in [1.82, 2.24) is 0 Å². The molecule has 0 aromatic heterocycles. The quantitative estimate of drug-likeness (QED) is 0.639. The van der Waals surface area contributed by atoms with Gasteiger partial charge in [-0.1, -0.05) is 0 Å². The Labute approximate surface area is 94.2 Å². The van der Waals surface area contributed by atoms with E-state index >= 15 is 0 Å². The Morgan fingerprint density at radius 1 is 1.29 bits per heavy atom. The Balaban J connectivity index is 3.29. The molecule has 0 fully saturated rings. The number of hydrogen-bond donors (Lipinski definition) is 1. The van der Waals surface area contributed by atoms with Crippen molar-refractivity contribution in [1.29, 1.82) is 0 Å². The van der Waals surface area contributed by atoms with Crippen molar-refractivity contribution in [3.63, 3.8) is 0 Å². The number of ether oxygens (including phenoxy) is 1. The first-order valence-electron chi connectivity index (χ1n) is 4.41. The van der Waals surface area contributed by atoms with Gasteiger partial charge in [0.25, 0.3) is 5.91 Å². The molecule has 0 heterocycles. The molecule has 1 rings (SSSR count). The molecule has 0 aliphatic heterocycles. The molecule has 7 heteroatoms. The van der Waals surface area contributed by atoms with Crippen LogP contribution < -0.4 is 10.5 Å². The summed E-state index contributed by atoms with van der Waals surface area (Å²) in [4.78, 5) is 21.6. The minimum absolute atomic E-state index is 0.284. The van der Waals surface area contributed by atoms with E-state index in [1.807, 2.05) is 0 Å². The third-order valence-corrected chi connectivity index (χ3v) is 1.83. The zero-order valence-electron chi connectivity index (χ0n) is 8.67. The van der Waals surface area contributed by atoms with E-state index in [4.69, 9.17) is 5.73 Å². The fourth-order valence-electron chi connectivity index (χ4n) is 1.14. The van der Waals surface area contributed by atoms with Crippen LogP contribution in [0.1, 0.15) is 22.8 Å². The fraction of sp³-hybridized carbons (Fsp3) is 0.200. The van der Waals surface area contributed by atoms with Crippen LogP contribution in [-0.4, -0.2) is 11.9 Å². The molecule has 0 unspecified atom stereocenters. The third kappa shape index (κ3) is 3.20. The molecule has 0 aliphatic carbocycles. The Bertz CT molecular complexity index is 468. The summed E-state index contributed by atoms with van der Waals surface area (Å²) in [5.41, 5.74) is 3.62. The van der Waals surface area contributed by atoms with Crippen LogP contribution in [0, 0.1) is 0 Å². The molecule has 4 nitrogen and oxygen atoms in total. The summed E-state index contributed by atoms with van der Waals surface area (Å²) in [7, 11) is 0. The second kappa shape index (κ2) is 4.44. The smallest absolute Gasteiger partial charge is 0.416 e. The zero-order chi connectivity index (χ0) is 13.2. The lowest BCUT2D eigenvalue weighted by Gasteiger charge is -2.11. The van der Waals surface area contributed by atoms with Gasteiger partial charge in [-0.25, -0.2) is 0 Å². The minimum atomic E-state index is -4.59. The molecule has 1 amide bonds. The van der Waals surface area contributed by atoms with Gasteiger partial charge in [0, 0.05) is 6.92 Å². The highest BCUT2D eigenvalue weighted by Gasteiger charge is 2.31. The molecular weight excluding hydrogens is 239 g/mol. The normalized spacial score (nSPS) is 11.1. The number of primary amides is 1. The maximum atomic E-state index is 12.4. The summed E-state index contributed by atoms with van der Waals surface area (Å²) in [6.07, 6.45) is -4.59. The first-order valence-corrected chi connectivity index (χ1v) is 4.41. The van der Waals surface area contributed by atoms with Crippen LogP contribution >= 0.6 is 0 Å². The van der Waals surface area contributed by atoms with Crippen molar-refractivity contribution in [2.75, 3.05) is 0 Å². The van der Waals surface area contributed by atoms with Gasteiger partial charge in [0.1, 0.15) is 5.75 Å². The first-order chi connectivity index (χ1) is 7.71. The minimum Gasteiger partial charge on any atom is -0.426 e. The molecule has 0 saturated heterocycles. The van der Waals surface area contributed by atoms with Crippen molar-refractivity contribution in [2.24, 2.45) is 5.73 Å². The summed E-state index contributed by atoms with van der Waals surface area (Å²) in [5, 5.41) is 0. The molecule has 0 atom stereocenters. The Kier molecular flexibility index (Phi) is 3.40. The third-order valence-electron chi connectivity index (χ3n) is 1.83. The van der Waals surface area contributed by atoms with Gasteiger partial charge < -0.3 is 10.5 Å². The van der Waals surface area contributed by atoms with Crippen LogP contribution in [0.5, 0.6) is 5.75 Å². The maximum Gasteiger partial charge on any atom is 0.416 e. The summed E-state index contributed by atoms with van der Waals surface area (Å²) in [6.45, 7) is 1.00. The van der Waals surface area contributed by atoms with Gasteiger partial charge in [-0.05, 0) is 18.2 Å². The Morgan fingerprint density at radius 2 is 1.88 bits per heavy atom. The molecular formula is C10H8F3NO3. The van der Waals surface area contributed by atoms with Crippen molar-refractivity contribution in [3.05, 3.63) is 29.3 Å².